The van der Waals surface area contributed by atoms with Crippen molar-refractivity contribution in [1.82, 2.24) is 5.32 Å². The van der Waals surface area contributed by atoms with E-state index < -0.39 is 12.0 Å². The molecule has 14 heavy (non-hydrogen) atoms. The maximum atomic E-state index is 10.4. The molecule has 0 aliphatic carbocycles. The second-order valence-electron chi connectivity index (χ2n) is 3.15. The van der Waals surface area contributed by atoms with Crippen LogP contribution >= 0.6 is 11.8 Å². The Labute approximate surface area is 87.9 Å². The molecule has 0 fully saturated rings. The molecule has 0 saturated carbocycles. The summed E-state index contributed by atoms with van der Waals surface area (Å²) in [6.45, 7) is 3.61. The van der Waals surface area contributed by atoms with Gasteiger partial charge >= 0.3 is 5.97 Å². The van der Waals surface area contributed by atoms with Crippen LogP contribution in [0, 0.1) is 5.41 Å². The van der Waals surface area contributed by atoms with Crippen molar-refractivity contribution in [2.45, 2.75) is 25.9 Å². The van der Waals surface area contributed by atoms with Gasteiger partial charge in [0.1, 0.15) is 6.04 Å². The monoisotopic (exact) mass is 219 g/mol. The average Bonchev–Trinajstić information content (AvgIpc) is 2.02. The van der Waals surface area contributed by atoms with Crippen LogP contribution in [0.2, 0.25) is 0 Å². The van der Waals surface area contributed by atoms with E-state index in [1.165, 1.54) is 11.8 Å². The fraction of sp³-hybridized carbons (Fsp3) is 0.750. The van der Waals surface area contributed by atoms with Crippen molar-refractivity contribution in [2.24, 2.45) is 5.73 Å². The van der Waals surface area contributed by atoms with Crippen molar-refractivity contribution in [3.63, 3.8) is 0 Å². The SMILES string of the molecule is CC(=N)N[C@@H](C)CSC[C@@H](N)C(=O)O. The van der Waals surface area contributed by atoms with Gasteiger partial charge in [0.2, 0.25) is 0 Å². The molecule has 0 amide bonds. The molecule has 0 aromatic heterocycles. The predicted octanol–water partition coefficient (Wildman–Crippen LogP) is 0.107. The van der Waals surface area contributed by atoms with Gasteiger partial charge in [0.25, 0.3) is 0 Å². The zero-order valence-electron chi connectivity index (χ0n) is 8.41. The average molecular weight is 219 g/mol. The van der Waals surface area contributed by atoms with Crippen LogP contribution in [0.15, 0.2) is 0 Å². The number of amidine groups is 1. The fourth-order valence-corrected chi connectivity index (χ4v) is 1.82. The lowest BCUT2D eigenvalue weighted by molar-refractivity contribution is -0.137. The number of carboxylic acid groups (broad SMARTS) is 1. The predicted molar refractivity (Wildman–Crippen MR) is 58.9 cm³/mol. The zero-order valence-corrected chi connectivity index (χ0v) is 9.23. The molecule has 0 aliphatic heterocycles. The highest BCUT2D eigenvalue weighted by molar-refractivity contribution is 7.99. The minimum Gasteiger partial charge on any atom is -0.480 e. The quantitative estimate of drug-likeness (QED) is 0.375. The summed E-state index contributed by atoms with van der Waals surface area (Å²) >= 11 is 1.47. The first-order valence-electron chi connectivity index (χ1n) is 4.31. The Kier molecular flexibility index (Phi) is 6.31. The van der Waals surface area contributed by atoms with E-state index in [1.54, 1.807) is 6.92 Å². The Balaban J connectivity index is 3.53. The lowest BCUT2D eigenvalue weighted by atomic mass is 10.4. The Morgan fingerprint density at radius 2 is 2.21 bits per heavy atom. The van der Waals surface area contributed by atoms with E-state index in [2.05, 4.69) is 5.32 Å². The third kappa shape index (κ3) is 6.73. The second-order valence-corrected chi connectivity index (χ2v) is 4.23. The molecule has 5 nitrogen and oxygen atoms in total. The van der Waals surface area contributed by atoms with E-state index in [4.69, 9.17) is 16.2 Å². The van der Waals surface area contributed by atoms with Crippen molar-refractivity contribution in [2.75, 3.05) is 11.5 Å². The van der Waals surface area contributed by atoms with Crippen molar-refractivity contribution in [3.8, 4) is 0 Å². The van der Waals surface area contributed by atoms with Gasteiger partial charge in [0.15, 0.2) is 0 Å². The zero-order chi connectivity index (χ0) is 11.1. The number of hydrogen-bond acceptors (Lipinski definition) is 4. The highest BCUT2D eigenvalue weighted by atomic mass is 32.2. The van der Waals surface area contributed by atoms with E-state index in [0.717, 1.165) is 5.75 Å². The molecular weight excluding hydrogens is 202 g/mol. The molecule has 0 aromatic carbocycles. The minimum atomic E-state index is -0.971. The molecule has 0 spiro atoms. The molecule has 0 aliphatic rings. The summed E-state index contributed by atoms with van der Waals surface area (Å²) in [6.07, 6.45) is 0. The first-order valence-corrected chi connectivity index (χ1v) is 5.46. The van der Waals surface area contributed by atoms with E-state index in [9.17, 15) is 4.79 Å². The van der Waals surface area contributed by atoms with Crippen molar-refractivity contribution in [1.29, 1.82) is 5.41 Å². The number of carbonyl (C=O) groups is 1. The number of nitrogens with one attached hydrogen (secondary N) is 2. The van der Waals surface area contributed by atoms with Crippen LogP contribution in [0.5, 0.6) is 0 Å². The Morgan fingerprint density at radius 3 is 2.64 bits per heavy atom. The Morgan fingerprint density at radius 1 is 1.64 bits per heavy atom. The molecule has 0 saturated heterocycles. The summed E-state index contributed by atoms with van der Waals surface area (Å²) in [7, 11) is 0. The third-order valence-electron chi connectivity index (χ3n) is 1.45. The number of nitrogens with two attached hydrogens (primary N) is 1. The largest absolute Gasteiger partial charge is 0.480 e. The van der Waals surface area contributed by atoms with Gasteiger partial charge < -0.3 is 16.2 Å². The molecule has 0 bridgehead atoms. The standard InChI is InChI=1S/C8H17N3O2S/c1-5(11-6(2)9)3-14-4-7(10)8(12)13/h5,7H,3-4,10H2,1-2H3,(H2,9,11)(H,12,13)/t5-,7+/m0/s1. The molecule has 6 heteroatoms. The third-order valence-corrected chi connectivity index (χ3v) is 2.78. The number of thioether (sulfide) groups is 1. The van der Waals surface area contributed by atoms with E-state index in [1.807, 2.05) is 6.92 Å². The maximum absolute atomic E-state index is 10.4. The molecule has 2 atom stereocenters. The highest BCUT2D eigenvalue weighted by Gasteiger charge is 2.11. The van der Waals surface area contributed by atoms with Gasteiger partial charge in [-0.15, -0.1) is 0 Å². The number of rotatable bonds is 6. The summed E-state index contributed by atoms with van der Waals surface area (Å²) in [5, 5.41) is 18.6. The molecule has 0 unspecified atom stereocenters. The van der Waals surface area contributed by atoms with Gasteiger partial charge in [-0.3, -0.25) is 10.2 Å². The number of carboxylic acids is 1. The summed E-state index contributed by atoms with van der Waals surface area (Å²) < 4.78 is 0. The van der Waals surface area contributed by atoms with Crippen LogP contribution in [0.3, 0.4) is 0 Å². The minimum absolute atomic E-state index is 0.165. The van der Waals surface area contributed by atoms with E-state index >= 15 is 0 Å². The number of hydrogen-bond donors (Lipinski definition) is 4. The normalized spacial score (nSPS) is 14.5. The molecule has 0 aromatic rings. The van der Waals surface area contributed by atoms with Crippen molar-refractivity contribution >= 4 is 23.6 Å². The van der Waals surface area contributed by atoms with Crippen LogP contribution in [0.25, 0.3) is 0 Å². The Bertz CT molecular complexity index is 211. The van der Waals surface area contributed by atoms with Gasteiger partial charge in [-0.25, -0.2) is 0 Å². The first kappa shape index (κ1) is 13.2. The van der Waals surface area contributed by atoms with E-state index in [0.29, 0.717) is 11.6 Å². The first-order chi connectivity index (χ1) is 6.43. The van der Waals surface area contributed by atoms with Crippen molar-refractivity contribution in [3.05, 3.63) is 0 Å². The van der Waals surface area contributed by atoms with Crippen molar-refractivity contribution < 1.29 is 9.90 Å². The van der Waals surface area contributed by atoms with Gasteiger partial charge in [-0.2, -0.15) is 11.8 Å². The van der Waals surface area contributed by atoms with Crippen LogP contribution < -0.4 is 11.1 Å². The second kappa shape index (κ2) is 6.67. The lowest BCUT2D eigenvalue weighted by Gasteiger charge is -2.14. The molecule has 5 N–H and O–H groups in total. The van der Waals surface area contributed by atoms with Gasteiger partial charge in [-0.05, 0) is 13.8 Å². The van der Waals surface area contributed by atoms with Gasteiger partial charge in [0.05, 0.1) is 5.84 Å². The summed E-state index contributed by atoms with van der Waals surface area (Å²) in [4.78, 5) is 10.4. The summed E-state index contributed by atoms with van der Waals surface area (Å²) in [5.41, 5.74) is 5.32. The van der Waals surface area contributed by atoms with E-state index in [-0.39, 0.29) is 6.04 Å². The maximum Gasteiger partial charge on any atom is 0.321 e. The van der Waals surface area contributed by atoms with Crippen LogP contribution in [0.1, 0.15) is 13.8 Å². The fourth-order valence-electron chi connectivity index (χ4n) is 0.854. The molecule has 0 radical (unpaired) electrons. The van der Waals surface area contributed by atoms with Gasteiger partial charge in [-0.1, -0.05) is 0 Å². The van der Waals surface area contributed by atoms with Crippen LogP contribution in [0.4, 0.5) is 0 Å². The molecule has 82 valence electrons. The topological polar surface area (TPSA) is 99.2 Å². The molecular formula is C8H17N3O2S. The van der Waals surface area contributed by atoms with Crippen LogP contribution in [-0.4, -0.2) is 40.5 Å². The highest BCUT2D eigenvalue weighted by Crippen LogP contribution is 2.04. The Hall–Kier alpha value is -0.750. The molecule has 0 heterocycles. The van der Waals surface area contributed by atoms with Crippen LogP contribution in [-0.2, 0) is 4.79 Å². The summed E-state index contributed by atoms with van der Waals surface area (Å²) in [6, 6.07) is -0.633. The lowest BCUT2D eigenvalue weighted by Crippen LogP contribution is -2.35. The molecule has 0 rings (SSSR count). The van der Waals surface area contributed by atoms with Gasteiger partial charge in [0, 0.05) is 17.5 Å². The summed E-state index contributed by atoms with van der Waals surface area (Å²) in [5.74, 6) is 0.595. The smallest absolute Gasteiger partial charge is 0.321 e. The number of aliphatic carboxylic acids is 1.